The van der Waals surface area contributed by atoms with E-state index >= 15 is 0 Å². The largest absolute Gasteiger partial charge is 0.573 e. The van der Waals surface area contributed by atoms with E-state index in [4.69, 9.17) is 4.52 Å². The van der Waals surface area contributed by atoms with Gasteiger partial charge in [-0.2, -0.15) is 0 Å². The number of rotatable bonds is 5. The van der Waals surface area contributed by atoms with Crippen LogP contribution in [-0.2, 0) is 0 Å². The van der Waals surface area contributed by atoms with Crippen LogP contribution >= 0.6 is 11.3 Å². The van der Waals surface area contributed by atoms with E-state index in [1.165, 1.54) is 18.2 Å². The van der Waals surface area contributed by atoms with Crippen molar-refractivity contribution in [2.45, 2.75) is 6.36 Å². The van der Waals surface area contributed by atoms with Crippen LogP contribution in [0, 0.1) is 0 Å². The van der Waals surface area contributed by atoms with Crippen LogP contribution in [0.4, 0.5) is 18.9 Å². The van der Waals surface area contributed by atoms with E-state index in [0.29, 0.717) is 5.69 Å². The molecule has 4 aromatic rings. The highest BCUT2D eigenvalue weighted by Crippen LogP contribution is 2.29. The number of carbonyl (C=O) groups excluding carboxylic acids is 1. The Morgan fingerprint density at radius 3 is 2.57 bits per heavy atom. The Labute approximate surface area is 172 Å². The molecule has 0 aliphatic rings. The van der Waals surface area contributed by atoms with Crippen molar-refractivity contribution in [3.8, 4) is 27.4 Å². The molecular formula is C21H13F3N2O3S. The van der Waals surface area contributed by atoms with Crippen LogP contribution in [0.5, 0.6) is 5.75 Å². The minimum Gasteiger partial charge on any atom is -0.406 e. The van der Waals surface area contributed by atoms with Gasteiger partial charge in [-0.3, -0.25) is 4.79 Å². The number of halogens is 3. The molecule has 152 valence electrons. The van der Waals surface area contributed by atoms with Crippen LogP contribution in [-0.4, -0.2) is 17.4 Å². The number of hydrogen-bond acceptors (Lipinski definition) is 5. The van der Waals surface area contributed by atoms with E-state index in [1.807, 2.05) is 41.8 Å². The number of carbonyl (C=O) groups is 1. The zero-order valence-corrected chi connectivity index (χ0v) is 16.0. The molecule has 0 spiro atoms. The van der Waals surface area contributed by atoms with Gasteiger partial charge in [0.15, 0.2) is 0 Å². The van der Waals surface area contributed by atoms with Gasteiger partial charge in [0.25, 0.3) is 5.91 Å². The van der Waals surface area contributed by atoms with Crippen molar-refractivity contribution in [1.82, 2.24) is 5.16 Å². The number of benzene rings is 2. The quantitative estimate of drug-likeness (QED) is 0.408. The lowest BCUT2D eigenvalue weighted by molar-refractivity contribution is -0.274. The molecule has 0 aliphatic carbocycles. The molecule has 0 fully saturated rings. The summed E-state index contributed by atoms with van der Waals surface area (Å²) >= 11 is 1.61. The van der Waals surface area contributed by atoms with Crippen LogP contribution in [0.3, 0.4) is 0 Å². The second-order valence-electron chi connectivity index (χ2n) is 6.16. The first kappa shape index (κ1) is 19.7. The topological polar surface area (TPSA) is 64.4 Å². The lowest BCUT2D eigenvalue weighted by Crippen LogP contribution is -2.17. The fourth-order valence-corrected chi connectivity index (χ4v) is 3.48. The number of hydrogen-bond donors (Lipinski definition) is 1. The summed E-state index contributed by atoms with van der Waals surface area (Å²) < 4.78 is 46.0. The number of nitrogens with zero attached hydrogens (tertiary/aromatic N) is 1. The van der Waals surface area contributed by atoms with E-state index in [1.54, 1.807) is 11.3 Å². The van der Waals surface area contributed by atoms with Gasteiger partial charge in [0.05, 0.1) is 0 Å². The fourth-order valence-electron chi connectivity index (χ4n) is 2.76. The third-order valence-electron chi connectivity index (χ3n) is 4.02. The Balaban J connectivity index is 1.50. The molecule has 2 aromatic carbocycles. The minimum atomic E-state index is -4.82. The molecule has 2 aromatic heterocycles. The highest BCUT2D eigenvalue weighted by Gasteiger charge is 2.31. The van der Waals surface area contributed by atoms with E-state index in [0.717, 1.165) is 28.1 Å². The molecule has 1 N–H and O–H groups in total. The number of alkyl halides is 3. The van der Waals surface area contributed by atoms with Crippen LogP contribution in [0.1, 0.15) is 10.6 Å². The zero-order valence-electron chi connectivity index (χ0n) is 15.1. The zero-order chi connectivity index (χ0) is 21.1. The van der Waals surface area contributed by atoms with Gasteiger partial charge in [-0.1, -0.05) is 35.5 Å². The number of thiophene rings is 1. The summed E-state index contributed by atoms with van der Waals surface area (Å²) in [6.45, 7) is 0. The molecule has 0 unspecified atom stereocenters. The number of aromatic nitrogens is 1. The predicted octanol–water partition coefficient (Wildman–Crippen LogP) is 6.22. The molecule has 1 amide bonds. The van der Waals surface area contributed by atoms with Crippen molar-refractivity contribution in [2.75, 3.05) is 5.32 Å². The third-order valence-corrected chi connectivity index (χ3v) is 4.94. The average molecular weight is 430 g/mol. The molecule has 9 heteroatoms. The highest BCUT2D eigenvalue weighted by atomic mass is 32.1. The monoisotopic (exact) mass is 430 g/mol. The van der Waals surface area contributed by atoms with Crippen molar-refractivity contribution < 1.29 is 27.2 Å². The van der Waals surface area contributed by atoms with Crippen molar-refractivity contribution >= 4 is 22.9 Å². The van der Waals surface area contributed by atoms with Crippen LogP contribution in [0.25, 0.3) is 21.7 Å². The maximum Gasteiger partial charge on any atom is 0.573 e. The number of nitrogens with one attached hydrogen (secondary N) is 1. The molecule has 2 heterocycles. The molecule has 4 rings (SSSR count). The lowest BCUT2D eigenvalue weighted by atomic mass is 10.1. The summed E-state index contributed by atoms with van der Waals surface area (Å²) in [7, 11) is 0. The minimum absolute atomic E-state index is 0.0753. The van der Waals surface area contributed by atoms with Gasteiger partial charge in [0, 0.05) is 28.3 Å². The summed E-state index contributed by atoms with van der Waals surface area (Å²) in [4.78, 5) is 13.5. The van der Waals surface area contributed by atoms with Gasteiger partial charge in [-0.25, -0.2) is 0 Å². The van der Waals surface area contributed by atoms with Crippen LogP contribution in [0.2, 0.25) is 0 Å². The van der Waals surface area contributed by atoms with E-state index in [2.05, 4.69) is 15.2 Å². The third kappa shape index (κ3) is 4.69. The normalized spacial score (nSPS) is 11.3. The van der Waals surface area contributed by atoms with Gasteiger partial charge in [0.1, 0.15) is 11.4 Å². The SMILES string of the molecule is O=C(Nc1cccc(OC(F)(F)F)c1)c1cc(-c2cccc(-c3cccs3)c2)no1. The molecule has 0 radical (unpaired) electrons. The van der Waals surface area contributed by atoms with E-state index in [9.17, 15) is 18.0 Å². The Hall–Kier alpha value is -3.59. The van der Waals surface area contributed by atoms with Crippen LogP contribution < -0.4 is 10.1 Å². The maximum atomic E-state index is 12.4. The highest BCUT2D eigenvalue weighted by molar-refractivity contribution is 7.13. The van der Waals surface area contributed by atoms with Gasteiger partial charge in [0.2, 0.25) is 5.76 Å². The van der Waals surface area contributed by atoms with E-state index < -0.39 is 18.0 Å². The van der Waals surface area contributed by atoms with E-state index in [-0.39, 0.29) is 11.4 Å². The summed E-state index contributed by atoms with van der Waals surface area (Å²) in [5.41, 5.74) is 2.37. The first-order chi connectivity index (χ1) is 14.4. The van der Waals surface area contributed by atoms with Gasteiger partial charge in [-0.05, 0) is 35.2 Å². The summed E-state index contributed by atoms with van der Waals surface area (Å²) in [6.07, 6.45) is -4.82. The predicted molar refractivity (Wildman–Crippen MR) is 106 cm³/mol. The smallest absolute Gasteiger partial charge is 0.406 e. The summed E-state index contributed by atoms with van der Waals surface area (Å²) in [6, 6.07) is 18.0. The molecule has 0 atom stereocenters. The number of anilines is 1. The lowest BCUT2D eigenvalue weighted by Gasteiger charge is -2.10. The Morgan fingerprint density at radius 2 is 1.80 bits per heavy atom. The average Bonchev–Trinajstić information content (AvgIpc) is 3.39. The molecule has 5 nitrogen and oxygen atoms in total. The van der Waals surface area contributed by atoms with Crippen molar-refractivity contribution in [3.05, 3.63) is 77.9 Å². The first-order valence-electron chi connectivity index (χ1n) is 8.65. The summed E-state index contributed by atoms with van der Waals surface area (Å²) in [5, 5.41) is 8.38. The summed E-state index contributed by atoms with van der Waals surface area (Å²) in [5.74, 6) is -1.16. The Kier molecular flexibility index (Phi) is 5.28. The Bertz CT molecular complexity index is 1170. The fraction of sp³-hybridized carbons (Fsp3) is 0.0476. The molecule has 30 heavy (non-hydrogen) atoms. The Morgan fingerprint density at radius 1 is 1.00 bits per heavy atom. The number of amides is 1. The second-order valence-corrected chi connectivity index (χ2v) is 7.11. The van der Waals surface area contributed by atoms with Crippen LogP contribution in [0.15, 0.2) is 76.6 Å². The second kappa shape index (κ2) is 8.03. The van der Waals surface area contributed by atoms with Crippen molar-refractivity contribution in [1.29, 1.82) is 0 Å². The molecule has 0 saturated carbocycles. The first-order valence-corrected chi connectivity index (χ1v) is 9.53. The van der Waals surface area contributed by atoms with Crippen molar-refractivity contribution in [2.24, 2.45) is 0 Å². The standard InChI is InChI=1S/C21H13F3N2O3S/c22-21(23,24)28-16-7-2-6-15(11-16)25-20(27)18-12-17(26-29-18)13-4-1-5-14(10-13)19-8-3-9-30-19/h1-12H,(H,25,27). The molecule has 0 aliphatic heterocycles. The molecule has 0 saturated heterocycles. The molecule has 0 bridgehead atoms. The van der Waals surface area contributed by atoms with Gasteiger partial charge >= 0.3 is 6.36 Å². The van der Waals surface area contributed by atoms with Gasteiger partial charge < -0.3 is 14.6 Å². The molecular weight excluding hydrogens is 417 g/mol. The van der Waals surface area contributed by atoms with Crippen molar-refractivity contribution in [3.63, 3.8) is 0 Å². The number of ether oxygens (including phenoxy) is 1. The van der Waals surface area contributed by atoms with Gasteiger partial charge in [-0.15, -0.1) is 24.5 Å². The maximum absolute atomic E-state index is 12.4.